The van der Waals surface area contributed by atoms with E-state index in [1.54, 1.807) is 16.4 Å². The quantitative estimate of drug-likeness (QED) is 0.388. The van der Waals surface area contributed by atoms with E-state index in [0.29, 0.717) is 24.1 Å². The number of benzene rings is 1. The molecule has 3 aromatic rings. The van der Waals surface area contributed by atoms with Gasteiger partial charge in [-0.2, -0.15) is 4.31 Å². The number of thiazole rings is 1. The smallest absolute Gasteiger partial charge is 0.243 e. The van der Waals surface area contributed by atoms with Crippen molar-refractivity contribution in [1.29, 1.82) is 0 Å². The number of fused-ring (bicyclic) bond motifs is 1. The van der Waals surface area contributed by atoms with Crippen LogP contribution in [0.3, 0.4) is 0 Å². The van der Waals surface area contributed by atoms with E-state index in [1.165, 1.54) is 24.2 Å². The molecule has 3 aliphatic rings. The van der Waals surface area contributed by atoms with Gasteiger partial charge in [0.2, 0.25) is 15.9 Å². The van der Waals surface area contributed by atoms with E-state index in [1.807, 2.05) is 31.3 Å². The normalized spacial score (nSPS) is 23.6. The Kier molecular flexibility index (Phi) is 9.02. The maximum atomic E-state index is 13.8. The summed E-state index contributed by atoms with van der Waals surface area (Å²) in [6, 6.07) is 10.9. The van der Waals surface area contributed by atoms with E-state index in [0.717, 1.165) is 67.2 Å². The number of carbonyl (C=O) groups is 1. The molecule has 3 atom stereocenters. The van der Waals surface area contributed by atoms with Crippen molar-refractivity contribution in [3.63, 3.8) is 0 Å². The van der Waals surface area contributed by atoms with E-state index in [2.05, 4.69) is 33.9 Å². The van der Waals surface area contributed by atoms with Gasteiger partial charge in [-0.3, -0.25) is 4.79 Å². The molecule has 43 heavy (non-hydrogen) atoms. The minimum atomic E-state index is -3.57. The number of amides is 1. The van der Waals surface area contributed by atoms with Gasteiger partial charge >= 0.3 is 0 Å². The van der Waals surface area contributed by atoms with E-state index in [9.17, 15) is 13.2 Å². The Bertz CT molecular complexity index is 1520. The van der Waals surface area contributed by atoms with Gasteiger partial charge in [-0.15, -0.1) is 0 Å². The first-order valence-electron chi connectivity index (χ1n) is 15.4. The van der Waals surface area contributed by atoms with Crippen LogP contribution < -0.4 is 10.2 Å². The summed E-state index contributed by atoms with van der Waals surface area (Å²) < 4.78 is 34.0. The Balaban J connectivity index is 1.20. The number of ether oxygens (including phenoxy) is 1. The Labute approximate surface area is 258 Å². The molecule has 0 spiro atoms. The highest BCUT2D eigenvalue weighted by Crippen LogP contribution is 2.36. The predicted molar refractivity (Wildman–Crippen MR) is 170 cm³/mol. The third-order valence-electron chi connectivity index (χ3n) is 8.96. The van der Waals surface area contributed by atoms with Crippen LogP contribution in [0, 0.1) is 5.92 Å². The highest BCUT2D eigenvalue weighted by molar-refractivity contribution is 7.89. The highest BCUT2D eigenvalue weighted by Gasteiger charge is 2.30. The van der Waals surface area contributed by atoms with Crippen molar-refractivity contribution in [1.82, 2.24) is 19.2 Å². The summed E-state index contributed by atoms with van der Waals surface area (Å²) in [4.78, 5) is 28.8. The Morgan fingerprint density at radius 1 is 1.00 bits per heavy atom. The van der Waals surface area contributed by atoms with Crippen molar-refractivity contribution in [3.05, 3.63) is 42.0 Å². The zero-order chi connectivity index (χ0) is 30.1. The van der Waals surface area contributed by atoms with Crippen LogP contribution in [0.4, 0.5) is 10.9 Å². The predicted octanol–water partition coefficient (Wildman–Crippen LogP) is 4.54. The maximum Gasteiger partial charge on any atom is 0.243 e. The van der Waals surface area contributed by atoms with E-state index in [4.69, 9.17) is 9.72 Å². The summed E-state index contributed by atoms with van der Waals surface area (Å²) in [5.41, 5.74) is 1.59. The number of morpholine rings is 1. The van der Waals surface area contributed by atoms with Crippen LogP contribution >= 0.6 is 11.3 Å². The van der Waals surface area contributed by atoms with Crippen LogP contribution in [0.1, 0.15) is 57.4 Å². The number of hydrogen-bond donors (Lipinski definition) is 1. The van der Waals surface area contributed by atoms with Gasteiger partial charge in [0.15, 0.2) is 5.13 Å². The largest absolute Gasteiger partial charge is 0.372 e. The Hall–Kier alpha value is -2.64. The number of pyridine rings is 1. The summed E-state index contributed by atoms with van der Waals surface area (Å²) in [6.07, 6.45) is 5.61. The minimum absolute atomic E-state index is 0.114. The van der Waals surface area contributed by atoms with Gasteiger partial charge in [-0.1, -0.05) is 49.2 Å². The molecule has 1 N–H and O–H groups in total. The zero-order valence-corrected chi connectivity index (χ0v) is 26.9. The van der Waals surface area contributed by atoms with Gasteiger partial charge in [0.1, 0.15) is 16.2 Å². The fraction of sp³-hybridized carbons (Fsp3) is 0.581. The molecule has 1 aliphatic carbocycles. The number of piperazine rings is 1. The molecule has 12 heteroatoms. The number of hydrogen-bond acceptors (Lipinski definition) is 9. The van der Waals surface area contributed by atoms with E-state index in [-0.39, 0.29) is 23.0 Å². The van der Waals surface area contributed by atoms with Crippen LogP contribution in [-0.4, -0.2) is 92.0 Å². The van der Waals surface area contributed by atoms with E-state index >= 15 is 0 Å². The van der Waals surface area contributed by atoms with Gasteiger partial charge in [0.25, 0.3) is 0 Å². The Morgan fingerprint density at radius 2 is 1.67 bits per heavy atom. The molecule has 0 radical (unpaired) electrons. The SMILES string of the molecule is C[C@@H]1CN(c2ccc3nc(NC(=O)[C@H](CC4CCCC4)c4ccc(S(=O)(=O)N5CCN(C)CC5)cc4)sc3n2)C[C@H](C)O1. The number of aromatic nitrogens is 2. The van der Waals surface area contributed by atoms with Crippen LogP contribution in [0.25, 0.3) is 10.3 Å². The molecule has 6 rings (SSSR count). The van der Waals surface area contributed by atoms with Gasteiger partial charge < -0.3 is 19.9 Å². The van der Waals surface area contributed by atoms with E-state index < -0.39 is 15.9 Å². The molecular formula is C31H42N6O4S2. The number of anilines is 2. The molecule has 10 nitrogen and oxygen atoms in total. The lowest BCUT2D eigenvalue weighted by Gasteiger charge is -2.36. The van der Waals surface area contributed by atoms with Crippen LogP contribution in [-0.2, 0) is 19.6 Å². The fourth-order valence-corrected chi connectivity index (χ4v) is 8.88. The number of nitrogens with zero attached hydrogens (tertiary/aromatic N) is 5. The highest BCUT2D eigenvalue weighted by atomic mass is 32.2. The Morgan fingerprint density at radius 3 is 2.35 bits per heavy atom. The summed E-state index contributed by atoms with van der Waals surface area (Å²) >= 11 is 1.38. The van der Waals surface area contributed by atoms with Gasteiger partial charge in [0.05, 0.1) is 23.0 Å². The number of carbonyl (C=O) groups excluding carboxylic acids is 1. The first kappa shape index (κ1) is 30.4. The lowest BCUT2D eigenvalue weighted by atomic mass is 9.87. The molecule has 2 aliphatic heterocycles. The number of sulfonamides is 1. The summed E-state index contributed by atoms with van der Waals surface area (Å²) in [5.74, 6) is 0.858. The third-order valence-corrected chi connectivity index (χ3v) is 11.8. The molecule has 232 valence electrons. The molecule has 1 saturated carbocycles. The maximum absolute atomic E-state index is 13.8. The second-order valence-corrected chi connectivity index (χ2v) is 15.3. The molecule has 1 amide bonds. The van der Waals surface area contributed by atoms with Gasteiger partial charge in [-0.05, 0) is 63.1 Å². The zero-order valence-electron chi connectivity index (χ0n) is 25.2. The number of likely N-dealkylation sites (N-methyl/N-ethyl adjacent to an activating group) is 1. The van der Waals surface area contributed by atoms with Crippen LogP contribution in [0.15, 0.2) is 41.3 Å². The van der Waals surface area contributed by atoms with Crippen molar-refractivity contribution in [2.75, 3.05) is 56.5 Å². The molecule has 0 bridgehead atoms. The van der Waals surface area contributed by atoms with Crippen molar-refractivity contribution >= 4 is 48.6 Å². The molecular weight excluding hydrogens is 585 g/mol. The number of rotatable bonds is 8. The second kappa shape index (κ2) is 12.8. The van der Waals surface area contributed by atoms with Crippen molar-refractivity contribution < 1.29 is 17.9 Å². The van der Waals surface area contributed by atoms with Crippen molar-refractivity contribution in [2.45, 2.75) is 69.0 Å². The fourth-order valence-electron chi connectivity index (χ4n) is 6.62. The average molecular weight is 627 g/mol. The lowest BCUT2D eigenvalue weighted by molar-refractivity contribution is -0.118. The topological polar surface area (TPSA) is 108 Å². The minimum Gasteiger partial charge on any atom is -0.372 e. The van der Waals surface area contributed by atoms with Crippen LogP contribution in [0.5, 0.6) is 0 Å². The first-order chi connectivity index (χ1) is 20.7. The average Bonchev–Trinajstić information content (AvgIpc) is 3.64. The van der Waals surface area contributed by atoms with Gasteiger partial charge in [-0.25, -0.2) is 18.4 Å². The molecule has 3 fully saturated rings. The standard InChI is InChI=1S/C31H42N6O4S2/c1-21-19-36(20-22(2)41-21)28-13-12-27-30(33-28)42-31(32-27)34-29(38)26(18-23-6-4-5-7-23)24-8-10-25(11-9-24)43(39,40)37-16-14-35(3)15-17-37/h8-13,21-23,26H,4-7,14-20H2,1-3H3,(H,32,34,38)/t21-,22+,26-/m1/s1. The first-order valence-corrected chi connectivity index (χ1v) is 17.7. The molecule has 1 aromatic carbocycles. The summed E-state index contributed by atoms with van der Waals surface area (Å²) in [5, 5.41) is 3.61. The number of nitrogens with one attached hydrogen (secondary N) is 1. The molecule has 2 aromatic heterocycles. The van der Waals surface area contributed by atoms with Crippen LogP contribution in [0.2, 0.25) is 0 Å². The monoisotopic (exact) mass is 626 g/mol. The van der Waals surface area contributed by atoms with Gasteiger partial charge in [0, 0.05) is 39.3 Å². The van der Waals surface area contributed by atoms with Crippen molar-refractivity contribution in [3.8, 4) is 0 Å². The lowest BCUT2D eigenvalue weighted by Crippen LogP contribution is -2.47. The molecule has 0 unspecified atom stereocenters. The second-order valence-electron chi connectivity index (χ2n) is 12.4. The molecule has 4 heterocycles. The molecule has 2 saturated heterocycles. The summed E-state index contributed by atoms with van der Waals surface area (Å²) in [6.45, 7) is 8.11. The third kappa shape index (κ3) is 6.88. The summed E-state index contributed by atoms with van der Waals surface area (Å²) in [7, 11) is -1.57. The van der Waals surface area contributed by atoms with Crippen molar-refractivity contribution in [2.24, 2.45) is 5.92 Å².